The maximum absolute atomic E-state index is 5.26. The Hall–Kier alpha value is -1.99. The Morgan fingerprint density at radius 3 is 3.05 bits per heavy atom. The first kappa shape index (κ1) is 12.1. The fraction of sp³-hybridized carbons (Fsp3) is 0.0833. The highest BCUT2D eigenvalue weighted by molar-refractivity contribution is 7.71. The van der Waals surface area contributed by atoms with Crippen LogP contribution in [0.3, 0.4) is 0 Å². The van der Waals surface area contributed by atoms with Crippen LogP contribution in [0.5, 0.6) is 5.75 Å². The summed E-state index contributed by atoms with van der Waals surface area (Å²) in [6, 6.07) is 7.73. The summed E-state index contributed by atoms with van der Waals surface area (Å²) in [4.78, 5) is 5.44. The van der Waals surface area contributed by atoms with Gasteiger partial charge in [-0.3, -0.25) is 0 Å². The molecule has 0 radical (unpaired) electrons. The number of nitrogens with zero attached hydrogens (tertiary/aromatic N) is 2. The summed E-state index contributed by atoms with van der Waals surface area (Å²) in [7, 11) is 1.64. The molecule has 0 aliphatic carbocycles. The molecule has 2 aromatic heterocycles. The number of rotatable bonds is 3. The van der Waals surface area contributed by atoms with Crippen molar-refractivity contribution < 1.29 is 9.15 Å². The number of thiazole rings is 1. The minimum atomic E-state index is 0.256. The van der Waals surface area contributed by atoms with Gasteiger partial charge in [0, 0.05) is 5.56 Å². The maximum Gasteiger partial charge on any atom is 0.284 e. The van der Waals surface area contributed by atoms with Crippen LogP contribution in [0.1, 0.15) is 0 Å². The van der Waals surface area contributed by atoms with Crippen molar-refractivity contribution in [2.75, 3.05) is 7.11 Å². The first-order valence-corrected chi connectivity index (χ1v) is 6.65. The summed E-state index contributed by atoms with van der Waals surface area (Å²) in [5.41, 5.74) is 0.990. The Morgan fingerprint density at radius 1 is 1.42 bits per heavy atom. The quantitative estimate of drug-likeness (QED) is 0.748. The van der Waals surface area contributed by atoms with Gasteiger partial charge >= 0.3 is 0 Å². The second kappa shape index (κ2) is 4.94. The van der Waals surface area contributed by atoms with Gasteiger partial charge in [0.25, 0.3) is 10.7 Å². The molecule has 0 atom stereocenters. The third-order valence-corrected chi connectivity index (χ3v) is 3.68. The van der Waals surface area contributed by atoms with Crippen LogP contribution in [0.2, 0.25) is 0 Å². The highest BCUT2D eigenvalue weighted by Crippen LogP contribution is 2.32. The monoisotopic (exact) mass is 291 g/mol. The second-order valence-corrected chi connectivity index (χ2v) is 5.08. The van der Waals surface area contributed by atoms with Gasteiger partial charge in [0.2, 0.25) is 0 Å². The molecule has 7 heteroatoms. The van der Waals surface area contributed by atoms with Gasteiger partial charge in [-0.1, -0.05) is 12.1 Å². The van der Waals surface area contributed by atoms with Crippen molar-refractivity contribution in [2.45, 2.75) is 0 Å². The average molecular weight is 291 g/mol. The highest BCUT2D eigenvalue weighted by atomic mass is 32.1. The van der Waals surface area contributed by atoms with E-state index < -0.39 is 0 Å². The van der Waals surface area contributed by atoms with Gasteiger partial charge in [-0.2, -0.15) is 0 Å². The van der Waals surface area contributed by atoms with E-state index in [1.807, 2.05) is 24.3 Å². The Kier molecular flexibility index (Phi) is 3.14. The van der Waals surface area contributed by atoms with E-state index in [4.69, 9.17) is 21.4 Å². The zero-order valence-corrected chi connectivity index (χ0v) is 11.5. The third kappa shape index (κ3) is 2.42. The molecule has 0 spiro atoms. The fourth-order valence-corrected chi connectivity index (χ4v) is 2.56. The van der Waals surface area contributed by atoms with Crippen molar-refractivity contribution in [1.82, 2.24) is 15.2 Å². The summed E-state index contributed by atoms with van der Waals surface area (Å²) in [6.07, 6.45) is 1.72. The Labute approximate surface area is 117 Å². The van der Waals surface area contributed by atoms with Crippen molar-refractivity contribution in [3.8, 4) is 27.1 Å². The average Bonchev–Trinajstić information content (AvgIpc) is 3.07. The van der Waals surface area contributed by atoms with Gasteiger partial charge in [-0.15, -0.1) is 16.4 Å². The molecular formula is C12H9N3O2S2. The zero-order valence-electron chi connectivity index (χ0n) is 9.91. The van der Waals surface area contributed by atoms with Crippen LogP contribution in [0.4, 0.5) is 0 Å². The summed E-state index contributed by atoms with van der Waals surface area (Å²) in [5, 5.41) is 7.44. The van der Waals surface area contributed by atoms with Gasteiger partial charge in [0.05, 0.1) is 13.3 Å². The number of aromatic nitrogens is 3. The van der Waals surface area contributed by atoms with E-state index in [-0.39, 0.29) is 4.84 Å². The number of hydrogen-bond acceptors (Lipinski definition) is 6. The number of H-pyrrole nitrogens is 1. The largest absolute Gasteiger partial charge is 0.497 e. The lowest BCUT2D eigenvalue weighted by atomic mass is 10.2. The lowest BCUT2D eigenvalue weighted by molar-refractivity contribution is 0.415. The zero-order chi connectivity index (χ0) is 13.2. The first-order chi connectivity index (χ1) is 9.26. The minimum Gasteiger partial charge on any atom is -0.497 e. The van der Waals surface area contributed by atoms with Crippen molar-refractivity contribution in [3.63, 3.8) is 0 Å². The van der Waals surface area contributed by atoms with Crippen molar-refractivity contribution >= 4 is 23.6 Å². The Bertz CT molecular complexity index is 760. The predicted molar refractivity (Wildman–Crippen MR) is 74.8 cm³/mol. The van der Waals surface area contributed by atoms with Gasteiger partial charge in [-0.05, 0) is 24.4 Å². The molecule has 2 heterocycles. The number of hydrogen-bond donors (Lipinski definition) is 1. The highest BCUT2D eigenvalue weighted by Gasteiger charge is 2.11. The SMILES string of the molecule is COc1cccc(-c2ncc(-c3n[nH]c(=S)o3)s2)c1. The molecule has 3 rings (SSSR count). The lowest BCUT2D eigenvalue weighted by Gasteiger charge is -2.00. The number of ether oxygens (including phenoxy) is 1. The molecule has 0 fully saturated rings. The summed E-state index contributed by atoms with van der Waals surface area (Å²) in [5.74, 6) is 1.25. The van der Waals surface area contributed by atoms with E-state index in [2.05, 4.69) is 15.2 Å². The van der Waals surface area contributed by atoms with Crippen LogP contribution in [-0.2, 0) is 0 Å². The number of methoxy groups -OCH3 is 1. The molecule has 0 saturated heterocycles. The van der Waals surface area contributed by atoms with Gasteiger partial charge < -0.3 is 9.15 Å². The molecule has 5 nitrogen and oxygen atoms in total. The van der Waals surface area contributed by atoms with Gasteiger partial charge in [-0.25, -0.2) is 10.1 Å². The van der Waals surface area contributed by atoms with E-state index in [9.17, 15) is 0 Å². The van der Waals surface area contributed by atoms with Crippen LogP contribution in [-0.4, -0.2) is 22.3 Å². The standard InChI is InChI=1S/C12H9N3O2S2/c1-16-8-4-2-3-7(5-8)11-13-6-9(19-11)10-14-15-12(18)17-10/h2-6H,1H3,(H,15,18). The molecule has 0 aliphatic rings. The normalized spacial score (nSPS) is 10.6. The van der Waals surface area contributed by atoms with E-state index in [0.717, 1.165) is 21.2 Å². The maximum atomic E-state index is 5.26. The Balaban J connectivity index is 1.98. The van der Waals surface area contributed by atoms with Crippen molar-refractivity contribution in [1.29, 1.82) is 0 Å². The molecule has 96 valence electrons. The second-order valence-electron chi connectivity index (χ2n) is 3.68. The topological polar surface area (TPSA) is 63.9 Å². The predicted octanol–water partition coefficient (Wildman–Crippen LogP) is 3.53. The molecule has 0 unspecified atom stereocenters. The Morgan fingerprint density at radius 2 is 2.32 bits per heavy atom. The third-order valence-electron chi connectivity index (χ3n) is 2.47. The number of benzene rings is 1. The minimum absolute atomic E-state index is 0.256. The van der Waals surface area contributed by atoms with Crippen LogP contribution >= 0.6 is 23.6 Å². The molecular weight excluding hydrogens is 282 g/mol. The van der Waals surface area contributed by atoms with E-state index >= 15 is 0 Å². The molecule has 0 aliphatic heterocycles. The molecule has 1 aromatic carbocycles. The molecule has 19 heavy (non-hydrogen) atoms. The first-order valence-electron chi connectivity index (χ1n) is 5.42. The molecule has 0 amide bonds. The number of nitrogens with one attached hydrogen (secondary N) is 1. The van der Waals surface area contributed by atoms with Crippen LogP contribution in [0.15, 0.2) is 34.9 Å². The fourth-order valence-electron chi connectivity index (χ4n) is 1.60. The summed E-state index contributed by atoms with van der Waals surface area (Å²) >= 11 is 6.33. The van der Waals surface area contributed by atoms with Crippen molar-refractivity contribution in [3.05, 3.63) is 35.3 Å². The van der Waals surface area contributed by atoms with Crippen LogP contribution in [0.25, 0.3) is 21.3 Å². The summed E-state index contributed by atoms with van der Waals surface area (Å²) < 4.78 is 10.5. The smallest absolute Gasteiger partial charge is 0.284 e. The van der Waals surface area contributed by atoms with E-state index in [0.29, 0.717) is 5.89 Å². The molecule has 1 N–H and O–H groups in total. The summed E-state index contributed by atoms with van der Waals surface area (Å²) in [6.45, 7) is 0. The van der Waals surface area contributed by atoms with Gasteiger partial charge in [0.1, 0.15) is 15.6 Å². The van der Waals surface area contributed by atoms with Crippen molar-refractivity contribution in [2.24, 2.45) is 0 Å². The van der Waals surface area contributed by atoms with Gasteiger partial charge in [0.15, 0.2) is 0 Å². The molecule has 3 aromatic rings. The van der Waals surface area contributed by atoms with Crippen LogP contribution < -0.4 is 4.74 Å². The van der Waals surface area contributed by atoms with E-state index in [1.165, 1.54) is 11.3 Å². The lowest BCUT2D eigenvalue weighted by Crippen LogP contribution is -1.82. The number of aromatic amines is 1. The van der Waals surface area contributed by atoms with Crippen LogP contribution in [0, 0.1) is 4.84 Å². The molecule has 0 bridgehead atoms. The molecule has 0 saturated carbocycles. The van der Waals surface area contributed by atoms with E-state index in [1.54, 1.807) is 13.3 Å².